The Bertz CT molecular complexity index is 881. The van der Waals surface area contributed by atoms with Crippen LogP contribution in [0, 0.1) is 0 Å². The van der Waals surface area contributed by atoms with E-state index in [0.717, 1.165) is 5.56 Å². The largest absolute Gasteiger partial charge is 0.494 e. The van der Waals surface area contributed by atoms with Gasteiger partial charge in [-0.2, -0.15) is 9.78 Å². The van der Waals surface area contributed by atoms with E-state index in [1.807, 2.05) is 27.7 Å². The van der Waals surface area contributed by atoms with Gasteiger partial charge in [-0.3, -0.25) is 4.79 Å². The number of amides is 1. The maximum Gasteiger partial charge on any atom is 0.410 e. The molecule has 1 amide bonds. The SMILES string of the molecule is CCOc1ccc(C(=O)n2nc3c(c2N)CCN(C(=O)OC(C)(C)C)C3)cc1. The summed E-state index contributed by atoms with van der Waals surface area (Å²) in [6, 6.07) is 6.84. The van der Waals surface area contributed by atoms with Gasteiger partial charge >= 0.3 is 6.09 Å². The third-order valence-electron chi connectivity index (χ3n) is 4.34. The molecule has 0 bridgehead atoms. The summed E-state index contributed by atoms with van der Waals surface area (Å²) in [5, 5.41) is 4.38. The lowest BCUT2D eigenvalue weighted by atomic mass is 10.1. The molecule has 150 valence electrons. The maximum atomic E-state index is 12.8. The second-order valence-corrected chi connectivity index (χ2v) is 7.64. The Hall–Kier alpha value is -3.03. The van der Waals surface area contributed by atoms with Crippen molar-refractivity contribution < 1.29 is 19.1 Å². The lowest BCUT2D eigenvalue weighted by Gasteiger charge is -2.29. The van der Waals surface area contributed by atoms with Crippen LogP contribution in [-0.2, 0) is 17.7 Å². The van der Waals surface area contributed by atoms with Gasteiger partial charge in [-0.25, -0.2) is 4.79 Å². The molecule has 0 atom stereocenters. The van der Waals surface area contributed by atoms with Crippen molar-refractivity contribution in [1.29, 1.82) is 0 Å². The van der Waals surface area contributed by atoms with Gasteiger partial charge in [-0.05, 0) is 58.4 Å². The second kappa shape index (κ2) is 7.53. The lowest BCUT2D eigenvalue weighted by Crippen LogP contribution is -2.39. The van der Waals surface area contributed by atoms with Gasteiger partial charge in [0.25, 0.3) is 5.91 Å². The van der Waals surface area contributed by atoms with Crippen LogP contribution in [0.2, 0.25) is 0 Å². The molecule has 0 fully saturated rings. The molecule has 2 N–H and O–H groups in total. The molecule has 0 saturated carbocycles. The zero-order chi connectivity index (χ0) is 20.5. The molecular formula is C20H26N4O4. The van der Waals surface area contributed by atoms with E-state index in [0.29, 0.717) is 42.4 Å². The van der Waals surface area contributed by atoms with E-state index < -0.39 is 11.7 Å². The third-order valence-corrected chi connectivity index (χ3v) is 4.34. The van der Waals surface area contributed by atoms with E-state index in [1.54, 1.807) is 29.2 Å². The van der Waals surface area contributed by atoms with Gasteiger partial charge in [0.1, 0.15) is 17.2 Å². The lowest BCUT2D eigenvalue weighted by molar-refractivity contribution is 0.0221. The Balaban J connectivity index is 1.79. The Morgan fingerprint density at radius 3 is 2.50 bits per heavy atom. The van der Waals surface area contributed by atoms with Crippen molar-refractivity contribution in [2.45, 2.75) is 46.3 Å². The van der Waals surface area contributed by atoms with Crippen LogP contribution in [0.25, 0.3) is 0 Å². The highest BCUT2D eigenvalue weighted by molar-refractivity contribution is 5.97. The predicted octanol–water partition coefficient (Wildman–Crippen LogP) is 2.85. The van der Waals surface area contributed by atoms with Gasteiger partial charge in [0.2, 0.25) is 0 Å². The first-order valence-electron chi connectivity index (χ1n) is 9.31. The second-order valence-electron chi connectivity index (χ2n) is 7.64. The summed E-state index contributed by atoms with van der Waals surface area (Å²) in [7, 11) is 0. The van der Waals surface area contributed by atoms with Gasteiger partial charge in [-0.15, -0.1) is 0 Å². The summed E-state index contributed by atoms with van der Waals surface area (Å²) in [4.78, 5) is 26.7. The number of carbonyl (C=O) groups excluding carboxylic acids is 2. The van der Waals surface area contributed by atoms with Gasteiger partial charge in [-0.1, -0.05) is 0 Å². The number of fused-ring (bicyclic) bond motifs is 1. The first kappa shape index (κ1) is 19.7. The molecule has 0 saturated heterocycles. The van der Waals surface area contributed by atoms with Crippen LogP contribution in [0.15, 0.2) is 24.3 Å². The summed E-state index contributed by atoms with van der Waals surface area (Å²) in [5.74, 6) is 0.691. The molecule has 0 unspecified atom stereocenters. The van der Waals surface area contributed by atoms with Gasteiger partial charge < -0.3 is 20.1 Å². The number of nitrogen functional groups attached to an aromatic ring is 1. The van der Waals surface area contributed by atoms with E-state index in [9.17, 15) is 9.59 Å². The van der Waals surface area contributed by atoms with Crippen LogP contribution in [0.1, 0.15) is 49.3 Å². The zero-order valence-electron chi connectivity index (χ0n) is 16.7. The van der Waals surface area contributed by atoms with Crippen LogP contribution < -0.4 is 10.5 Å². The molecule has 0 radical (unpaired) electrons. The number of hydrogen-bond donors (Lipinski definition) is 1. The molecule has 3 rings (SSSR count). The summed E-state index contributed by atoms with van der Waals surface area (Å²) >= 11 is 0. The molecule has 1 aromatic carbocycles. The molecule has 8 heteroatoms. The summed E-state index contributed by atoms with van der Waals surface area (Å²) in [6.45, 7) is 8.65. The van der Waals surface area contributed by atoms with Crippen molar-refractivity contribution >= 4 is 17.8 Å². The predicted molar refractivity (Wildman–Crippen MR) is 104 cm³/mol. The first-order valence-corrected chi connectivity index (χ1v) is 9.31. The highest BCUT2D eigenvalue weighted by Gasteiger charge is 2.30. The third kappa shape index (κ3) is 4.11. The number of aromatic nitrogens is 2. The maximum absolute atomic E-state index is 12.8. The molecule has 1 aromatic heterocycles. The minimum Gasteiger partial charge on any atom is -0.494 e. The summed E-state index contributed by atoms with van der Waals surface area (Å²) in [5.41, 5.74) is 7.49. The average Bonchev–Trinajstić information content (AvgIpc) is 2.97. The molecule has 0 aliphatic carbocycles. The topological polar surface area (TPSA) is 99.7 Å². The molecule has 2 heterocycles. The number of benzene rings is 1. The van der Waals surface area contributed by atoms with Gasteiger partial charge in [0, 0.05) is 17.7 Å². The monoisotopic (exact) mass is 386 g/mol. The van der Waals surface area contributed by atoms with Crippen molar-refractivity contribution in [3.05, 3.63) is 41.1 Å². The fraction of sp³-hybridized carbons (Fsp3) is 0.450. The molecule has 28 heavy (non-hydrogen) atoms. The van der Waals surface area contributed by atoms with Crippen molar-refractivity contribution in [1.82, 2.24) is 14.7 Å². The number of carbonyl (C=O) groups is 2. The van der Waals surface area contributed by atoms with Gasteiger partial charge in [0.05, 0.1) is 18.8 Å². The van der Waals surface area contributed by atoms with Crippen LogP contribution >= 0.6 is 0 Å². The normalized spacial score (nSPS) is 13.8. The van der Waals surface area contributed by atoms with E-state index in [2.05, 4.69) is 5.10 Å². The van der Waals surface area contributed by atoms with Crippen molar-refractivity contribution in [3.63, 3.8) is 0 Å². The Morgan fingerprint density at radius 2 is 1.89 bits per heavy atom. The number of hydrogen-bond acceptors (Lipinski definition) is 6. The number of ether oxygens (including phenoxy) is 2. The average molecular weight is 386 g/mol. The van der Waals surface area contributed by atoms with Crippen molar-refractivity contribution in [3.8, 4) is 5.75 Å². The Morgan fingerprint density at radius 1 is 1.21 bits per heavy atom. The van der Waals surface area contributed by atoms with E-state index >= 15 is 0 Å². The van der Waals surface area contributed by atoms with Crippen LogP contribution in [0.4, 0.5) is 10.6 Å². The highest BCUT2D eigenvalue weighted by Crippen LogP contribution is 2.26. The molecule has 1 aliphatic rings. The molecule has 1 aliphatic heterocycles. The number of rotatable bonds is 3. The Labute approximate surface area is 164 Å². The highest BCUT2D eigenvalue weighted by atomic mass is 16.6. The van der Waals surface area contributed by atoms with Crippen molar-refractivity contribution in [2.24, 2.45) is 0 Å². The molecule has 0 spiro atoms. The van der Waals surface area contributed by atoms with Crippen LogP contribution in [-0.4, -0.2) is 45.4 Å². The van der Waals surface area contributed by atoms with E-state index in [4.69, 9.17) is 15.2 Å². The zero-order valence-corrected chi connectivity index (χ0v) is 16.7. The van der Waals surface area contributed by atoms with E-state index in [-0.39, 0.29) is 12.5 Å². The quantitative estimate of drug-likeness (QED) is 0.871. The molecule has 8 nitrogen and oxygen atoms in total. The molecular weight excluding hydrogens is 360 g/mol. The van der Waals surface area contributed by atoms with Gasteiger partial charge in [0.15, 0.2) is 0 Å². The van der Waals surface area contributed by atoms with Crippen molar-refractivity contribution in [2.75, 3.05) is 18.9 Å². The fourth-order valence-electron chi connectivity index (χ4n) is 3.04. The first-order chi connectivity index (χ1) is 13.2. The van der Waals surface area contributed by atoms with Crippen LogP contribution in [0.3, 0.4) is 0 Å². The summed E-state index contributed by atoms with van der Waals surface area (Å²) in [6.07, 6.45) is 0.126. The minimum atomic E-state index is -0.570. The Kier molecular flexibility index (Phi) is 5.31. The number of anilines is 1. The number of nitrogens with two attached hydrogens (primary N) is 1. The standard InChI is InChI=1S/C20H26N4O4/c1-5-27-14-8-6-13(7-9-14)18(25)24-17(21)15-10-11-23(12-16(15)22-24)19(26)28-20(2,3)4/h6-9H,5,10-12,21H2,1-4H3. The molecule has 2 aromatic rings. The summed E-state index contributed by atoms with van der Waals surface area (Å²) < 4.78 is 12.0. The van der Waals surface area contributed by atoms with E-state index in [1.165, 1.54) is 4.68 Å². The fourth-order valence-corrected chi connectivity index (χ4v) is 3.04. The van der Waals surface area contributed by atoms with Crippen LogP contribution in [0.5, 0.6) is 5.75 Å². The number of nitrogens with zero attached hydrogens (tertiary/aromatic N) is 3. The smallest absolute Gasteiger partial charge is 0.410 e. The minimum absolute atomic E-state index is 0.262.